The summed E-state index contributed by atoms with van der Waals surface area (Å²) in [7, 11) is -1.68. The summed E-state index contributed by atoms with van der Waals surface area (Å²) < 4.78 is 27.6. The smallest absolute Gasteiger partial charge is 0.243 e. The van der Waals surface area contributed by atoms with Gasteiger partial charge in [0.25, 0.3) is 0 Å². The molecule has 5 nitrogen and oxygen atoms in total. The summed E-state index contributed by atoms with van der Waals surface area (Å²) in [6.07, 6.45) is 4.88. The van der Waals surface area contributed by atoms with E-state index in [9.17, 15) is 13.2 Å². The molecule has 1 amide bonds. The molecule has 0 aliphatic carbocycles. The first kappa shape index (κ1) is 17.4. The molecule has 2 saturated heterocycles. The molecular formula is C18H26N2O3S. The molecule has 24 heavy (non-hydrogen) atoms. The van der Waals surface area contributed by atoms with Crippen LogP contribution in [-0.2, 0) is 21.2 Å². The van der Waals surface area contributed by atoms with E-state index >= 15 is 0 Å². The lowest BCUT2D eigenvalue weighted by atomic mass is 9.81. The minimum atomic E-state index is -3.51. The number of hydrogen-bond acceptors (Lipinski definition) is 3. The lowest BCUT2D eigenvalue weighted by Gasteiger charge is -2.50. The van der Waals surface area contributed by atoms with Crippen LogP contribution in [0.15, 0.2) is 29.2 Å². The molecule has 0 radical (unpaired) electrons. The number of likely N-dealkylation sites (N-methyl/N-ethyl adjacent to an activating group) is 1. The molecule has 0 aromatic heterocycles. The molecule has 0 N–H and O–H groups in total. The van der Waals surface area contributed by atoms with E-state index in [0.29, 0.717) is 24.4 Å². The number of aryl methyl sites for hydroxylation is 1. The van der Waals surface area contributed by atoms with Crippen LogP contribution in [-0.4, -0.2) is 49.2 Å². The fourth-order valence-corrected chi connectivity index (χ4v) is 5.53. The zero-order valence-electron chi connectivity index (χ0n) is 14.5. The van der Waals surface area contributed by atoms with Gasteiger partial charge in [0.15, 0.2) is 0 Å². The number of carbonyl (C=O) groups excluding carboxylic acids is 1. The molecule has 2 aliphatic heterocycles. The second-order valence-electron chi connectivity index (χ2n) is 6.97. The molecule has 1 atom stereocenters. The highest BCUT2D eigenvalue weighted by Crippen LogP contribution is 2.37. The van der Waals surface area contributed by atoms with Gasteiger partial charge in [-0.25, -0.2) is 8.42 Å². The van der Waals surface area contributed by atoms with Gasteiger partial charge in [-0.3, -0.25) is 4.79 Å². The van der Waals surface area contributed by atoms with Gasteiger partial charge in [0.1, 0.15) is 0 Å². The normalized spacial score (nSPS) is 26.1. The van der Waals surface area contributed by atoms with Crippen LogP contribution in [0.25, 0.3) is 0 Å². The molecule has 1 unspecified atom stereocenters. The molecule has 2 fully saturated rings. The maximum Gasteiger partial charge on any atom is 0.243 e. The summed E-state index contributed by atoms with van der Waals surface area (Å²) in [4.78, 5) is 14.3. The Kier molecular flexibility index (Phi) is 4.71. The Hall–Kier alpha value is -1.40. The van der Waals surface area contributed by atoms with E-state index in [1.54, 1.807) is 21.3 Å². The summed E-state index contributed by atoms with van der Waals surface area (Å²) in [5, 5.41) is 0. The maximum absolute atomic E-state index is 13.0. The minimum Gasteiger partial charge on any atom is -0.339 e. The van der Waals surface area contributed by atoms with E-state index in [1.807, 2.05) is 26.1 Å². The van der Waals surface area contributed by atoms with Crippen LogP contribution >= 0.6 is 0 Å². The number of hydrogen-bond donors (Lipinski definition) is 0. The number of amides is 1. The Morgan fingerprint density at radius 2 is 1.79 bits per heavy atom. The molecule has 0 bridgehead atoms. The third-order valence-electron chi connectivity index (χ3n) is 5.61. The molecular weight excluding hydrogens is 324 g/mol. The van der Waals surface area contributed by atoms with Crippen molar-refractivity contribution < 1.29 is 13.2 Å². The van der Waals surface area contributed by atoms with Crippen molar-refractivity contribution >= 4 is 15.9 Å². The fourth-order valence-electron chi connectivity index (χ4n) is 3.97. The quantitative estimate of drug-likeness (QED) is 0.841. The summed E-state index contributed by atoms with van der Waals surface area (Å²) >= 11 is 0. The molecule has 3 rings (SSSR count). The molecule has 6 heteroatoms. The molecule has 2 aliphatic rings. The lowest BCUT2D eigenvalue weighted by molar-refractivity contribution is -0.141. The highest BCUT2D eigenvalue weighted by Gasteiger charge is 2.45. The summed E-state index contributed by atoms with van der Waals surface area (Å²) in [5.74, 6) is 0.132. The first-order valence-corrected chi connectivity index (χ1v) is 10.2. The van der Waals surface area contributed by atoms with Gasteiger partial charge in [-0.2, -0.15) is 4.31 Å². The summed E-state index contributed by atoms with van der Waals surface area (Å²) in [5.41, 5.74) is 0.797. The molecule has 2 heterocycles. The first-order chi connectivity index (χ1) is 11.4. The van der Waals surface area contributed by atoms with Gasteiger partial charge < -0.3 is 4.90 Å². The number of benzene rings is 1. The predicted molar refractivity (Wildman–Crippen MR) is 93.2 cm³/mol. The molecule has 1 spiro atoms. The standard InChI is InChI=1S/C18H26N2O3S/c1-3-15-7-9-16(10-8-15)24(22,23)20-13-5-12-18(14-20)11-4-6-17(21)19(18)2/h7-10H,3-6,11-14H2,1-2H3. The Balaban J connectivity index is 1.86. The van der Waals surface area contributed by atoms with Crippen molar-refractivity contribution in [3.8, 4) is 0 Å². The topological polar surface area (TPSA) is 57.7 Å². The summed E-state index contributed by atoms with van der Waals surface area (Å²) in [6.45, 7) is 2.99. The van der Waals surface area contributed by atoms with Crippen molar-refractivity contribution in [3.05, 3.63) is 29.8 Å². The van der Waals surface area contributed by atoms with Crippen LogP contribution in [0.4, 0.5) is 0 Å². The molecule has 132 valence electrons. The van der Waals surface area contributed by atoms with E-state index < -0.39 is 10.0 Å². The number of sulfonamides is 1. The fraction of sp³-hybridized carbons (Fsp3) is 0.611. The van der Waals surface area contributed by atoms with Crippen LogP contribution in [0.5, 0.6) is 0 Å². The van der Waals surface area contributed by atoms with E-state index in [1.165, 1.54) is 0 Å². The number of nitrogens with zero attached hydrogens (tertiary/aromatic N) is 2. The van der Waals surface area contributed by atoms with E-state index in [4.69, 9.17) is 0 Å². The molecule has 1 aromatic carbocycles. The van der Waals surface area contributed by atoms with Crippen molar-refractivity contribution in [1.82, 2.24) is 9.21 Å². The Labute approximate surface area is 144 Å². The number of carbonyl (C=O) groups is 1. The maximum atomic E-state index is 13.0. The first-order valence-electron chi connectivity index (χ1n) is 8.75. The van der Waals surface area contributed by atoms with E-state index in [-0.39, 0.29) is 11.4 Å². The van der Waals surface area contributed by atoms with Gasteiger partial charge in [-0.05, 0) is 49.8 Å². The summed E-state index contributed by atoms with van der Waals surface area (Å²) in [6, 6.07) is 7.15. The second kappa shape index (κ2) is 6.48. The van der Waals surface area contributed by atoms with E-state index in [2.05, 4.69) is 0 Å². The van der Waals surface area contributed by atoms with Gasteiger partial charge in [-0.15, -0.1) is 0 Å². The van der Waals surface area contributed by atoms with Gasteiger partial charge in [0.05, 0.1) is 10.4 Å². The van der Waals surface area contributed by atoms with Gasteiger partial charge in [0, 0.05) is 26.6 Å². The van der Waals surface area contributed by atoms with Gasteiger partial charge in [0.2, 0.25) is 15.9 Å². The highest BCUT2D eigenvalue weighted by atomic mass is 32.2. The largest absolute Gasteiger partial charge is 0.339 e. The van der Waals surface area contributed by atoms with E-state index in [0.717, 1.165) is 37.7 Å². The van der Waals surface area contributed by atoms with Crippen LogP contribution in [0.1, 0.15) is 44.6 Å². The van der Waals surface area contributed by atoms with Crippen molar-refractivity contribution in [1.29, 1.82) is 0 Å². The Bertz CT molecular complexity index is 710. The Morgan fingerprint density at radius 3 is 2.46 bits per heavy atom. The highest BCUT2D eigenvalue weighted by molar-refractivity contribution is 7.89. The van der Waals surface area contributed by atoms with Crippen LogP contribution in [0.3, 0.4) is 0 Å². The van der Waals surface area contributed by atoms with Gasteiger partial charge >= 0.3 is 0 Å². The van der Waals surface area contributed by atoms with Crippen molar-refractivity contribution in [2.75, 3.05) is 20.1 Å². The minimum absolute atomic E-state index is 0.132. The van der Waals surface area contributed by atoms with Crippen LogP contribution < -0.4 is 0 Å². The number of likely N-dealkylation sites (tertiary alicyclic amines) is 1. The van der Waals surface area contributed by atoms with Gasteiger partial charge in [-0.1, -0.05) is 19.1 Å². The average Bonchev–Trinajstić information content (AvgIpc) is 2.60. The van der Waals surface area contributed by atoms with Crippen LogP contribution in [0, 0.1) is 0 Å². The van der Waals surface area contributed by atoms with Crippen molar-refractivity contribution in [2.24, 2.45) is 0 Å². The third-order valence-corrected chi connectivity index (χ3v) is 7.47. The third kappa shape index (κ3) is 2.97. The SMILES string of the molecule is CCc1ccc(S(=O)(=O)N2CCCC3(CCCC(=O)N3C)C2)cc1. The monoisotopic (exact) mass is 350 g/mol. The number of piperidine rings is 2. The molecule has 1 aromatic rings. The zero-order valence-corrected chi connectivity index (χ0v) is 15.3. The predicted octanol–water partition coefficient (Wildman–Crippen LogP) is 2.41. The zero-order chi connectivity index (χ0) is 17.4. The average molecular weight is 350 g/mol. The second-order valence-corrected chi connectivity index (χ2v) is 8.91. The lowest BCUT2D eigenvalue weighted by Crippen LogP contribution is -2.61. The number of rotatable bonds is 3. The van der Waals surface area contributed by atoms with Crippen molar-refractivity contribution in [3.63, 3.8) is 0 Å². The molecule has 0 saturated carbocycles. The van der Waals surface area contributed by atoms with Crippen LogP contribution in [0.2, 0.25) is 0 Å². The van der Waals surface area contributed by atoms with Crippen molar-refractivity contribution in [2.45, 2.75) is 55.9 Å². The Morgan fingerprint density at radius 1 is 1.12 bits per heavy atom.